The first-order valence-corrected chi connectivity index (χ1v) is 6.65. The van der Waals surface area contributed by atoms with Crippen molar-refractivity contribution in [3.63, 3.8) is 0 Å². The van der Waals surface area contributed by atoms with Gasteiger partial charge in [-0.15, -0.1) is 0 Å². The summed E-state index contributed by atoms with van der Waals surface area (Å²) in [5.41, 5.74) is 0.0643. The van der Waals surface area contributed by atoms with Crippen molar-refractivity contribution in [2.24, 2.45) is 0 Å². The van der Waals surface area contributed by atoms with Crippen LogP contribution in [0.3, 0.4) is 0 Å². The van der Waals surface area contributed by atoms with Crippen LogP contribution in [0.2, 0.25) is 0 Å². The first-order chi connectivity index (χ1) is 9.92. The van der Waals surface area contributed by atoms with Gasteiger partial charge >= 0.3 is 5.97 Å². The third kappa shape index (κ3) is 2.66. The molecule has 1 aliphatic rings. The van der Waals surface area contributed by atoms with Crippen LogP contribution >= 0.6 is 0 Å². The minimum Gasteiger partial charge on any atom is -0.493 e. The highest BCUT2D eigenvalue weighted by Gasteiger charge is 2.46. The molecule has 1 heterocycles. The van der Waals surface area contributed by atoms with E-state index >= 15 is 0 Å². The van der Waals surface area contributed by atoms with Crippen LogP contribution in [0.15, 0.2) is 18.2 Å². The summed E-state index contributed by atoms with van der Waals surface area (Å²) in [6.07, 6.45) is 0.564. The summed E-state index contributed by atoms with van der Waals surface area (Å²) in [7, 11) is 3.11. The summed E-state index contributed by atoms with van der Waals surface area (Å²) < 4.78 is 10.5. The van der Waals surface area contributed by atoms with E-state index in [0.717, 1.165) is 10.6 Å². The van der Waals surface area contributed by atoms with E-state index in [2.05, 4.69) is 0 Å². The molecule has 0 aliphatic carbocycles. The van der Waals surface area contributed by atoms with E-state index in [1.807, 2.05) is 13.0 Å². The number of ether oxygens (including phenoxy) is 2. The monoisotopic (exact) mass is 293 g/mol. The van der Waals surface area contributed by atoms with Crippen molar-refractivity contribution in [2.75, 3.05) is 20.8 Å². The molecule has 0 bridgehead atoms. The Balaban J connectivity index is 2.33. The van der Waals surface area contributed by atoms with Crippen LogP contribution in [-0.4, -0.2) is 37.7 Å². The van der Waals surface area contributed by atoms with E-state index in [9.17, 15) is 9.59 Å². The standard InChI is InChI=1S/C15H19NO5/c1-10(17)21-16-8-7-15(2,14(16)18)11-5-6-12(19-3)13(9-11)20-4/h5-6,9H,7-8H2,1-4H3. The number of amides is 1. The fourth-order valence-corrected chi connectivity index (χ4v) is 2.50. The van der Waals surface area contributed by atoms with E-state index in [1.165, 1.54) is 6.92 Å². The van der Waals surface area contributed by atoms with Gasteiger partial charge in [-0.3, -0.25) is 9.59 Å². The molecule has 0 N–H and O–H groups in total. The molecule has 1 aliphatic heterocycles. The zero-order chi connectivity index (χ0) is 15.6. The van der Waals surface area contributed by atoms with Crippen LogP contribution in [0, 0.1) is 0 Å². The van der Waals surface area contributed by atoms with Crippen LogP contribution in [0.4, 0.5) is 0 Å². The Hall–Kier alpha value is -2.24. The first kappa shape index (κ1) is 15.2. The lowest BCUT2D eigenvalue weighted by atomic mass is 9.81. The van der Waals surface area contributed by atoms with E-state index in [-0.39, 0.29) is 5.91 Å². The second kappa shape index (κ2) is 5.63. The Morgan fingerprint density at radius 2 is 1.90 bits per heavy atom. The summed E-state index contributed by atoms with van der Waals surface area (Å²) >= 11 is 0. The number of rotatable bonds is 4. The molecule has 1 amide bonds. The van der Waals surface area contributed by atoms with Crippen LogP contribution in [-0.2, 0) is 19.8 Å². The van der Waals surface area contributed by atoms with Crippen molar-refractivity contribution in [1.82, 2.24) is 5.06 Å². The molecule has 0 saturated carbocycles. The number of hydrogen-bond acceptors (Lipinski definition) is 5. The zero-order valence-corrected chi connectivity index (χ0v) is 12.6. The smallest absolute Gasteiger partial charge is 0.329 e. The molecule has 1 atom stereocenters. The average Bonchev–Trinajstić information content (AvgIpc) is 2.75. The molecule has 0 aromatic heterocycles. The normalized spacial score (nSPS) is 21.3. The number of benzene rings is 1. The molecule has 1 unspecified atom stereocenters. The molecule has 21 heavy (non-hydrogen) atoms. The Bertz CT molecular complexity index is 571. The van der Waals surface area contributed by atoms with Crippen molar-refractivity contribution in [3.05, 3.63) is 23.8 Å². The maximum absolute atomic E-state index is 12.5. The van der Waals surface area contributed by atoms with Crippen molar-refractivity contribution in [2.45, 2.75) is 25.7 Å². The second-order valence-corrected chi connectivity index (χ2v) is 5.14. The molecule has 1 fully saturated rings. The highest BCUT2D eigenvalue weighted by molar-refractivity contribution is 5.90. The molecule has 6 nitrogen and oxygen atoms in total. The Morgan fingerprint density at radius 3 is 2.48 bits per heavy atom. The lowest BCUT2D eigenvalue weighted by Gasteiger charge is -2.23. The third-order valence-corrected chi connectivity index (χ3v) is 3.77. The van der Waals surface area contributed by atoms with Crippen molar-refractivity contribution in [3.8, 4) is 11.5 Å². The predicted octanol–water partition coefficient (Wildman–Crippen LogP) is 1.67. The van der Waals surface area contributed by atoms with Crippen LogP contribution in [0.1, 0.15) is 25.8 Å². The Kier molecular flexibility index (Phi) is 4.06. The predicted molar refractivity (Wildman–Crippen MR) is 75.0 cm³/mol. The van der Waals surface area contributed by atoms with Gasteiger partial charge < -0.3 is 14.3 Å². The summed E-state index contributed by atoms with van der Waals surface area (Å²) in [6.45, 7) is 3.49. The van der Waals surface area contributed by atoms with Gasteiger partial charge in [0.05, 0.1) is 26.2 Å². The summed E-state index contributed by atoms with van der Waals surface area (Å²) in [5, 5.41) is 1.12. The molecule has 1 aromatic carbocycles. The van der Waals surface area contributed by atoms with Gasteiger partial charge in [-0.2, -0.15) is 5.06 Å². The van der Waals surface area contributed by atoms with Crippen LogP contribution in [0.5, 0.6) is 11.5 Å². The van der Waals surface area contributed by atoms with Gasteiger partial charge in [0.1, 0.15) is 0 Å². The number of hydroxylamine groups is 2. The fraction of sp³-hybridized carbons (Fsp3) is 0.467. The number of carbonyl (C=O) groups excluding carboxylic acids is 2. The quantitative estimate of drug-likeness (QED) is 0.845. The highest BCUT2D eigenvalue weighted by Crippen LogP contribution is 2.39. The van der Waals surface area contributed by atoms with Gasteiger partial charge in [0.25, 0.3) is 5.91 Å². The fourth-order valence-electron chi connectivity index (χ4n) is 2.50. The van der Waals surface area contributed by atoms with Gasteiger partial charge in [-0.05, 0) is 31.0 Å². The van der Waals surface area contributed by atoms with Gasteiger partial charge in [0.15, 0.2) is 11.5 Å². The molecule has 2 rings (SSSR count). The Morgan fingerprint density at radius 1 is 1.24 bits per heavy atom. The molecule has 0 radical (unpaired) electrons. The SMILES string of the molecule is COc1ccc(C2(C)CCN(OC(C)=O)C2=O)cc1OC. The number of carbonyl (C=O) groups is 2. The van der Waals surface area contributed by atoms with Gasteiger partial charge in [0.2, 0.25) is 0 Å². The van der Waals surface area contributed by atoms with Crippen molar-refractivity contribution < 1.29 is 23.9 Å². The van der Waals surface area contributed by atoms with Gasteiger partial charge in [-0.1, -0.05) is 6.07 Å². The van der Waals surface area contributed by atoms with Crippen molar-refractivity contribution in [1.29, 1.82) is 0 Å². The number of hydrogen-bond donors (Lipinski definition) is 0. The summed E-state index contributed by atoms with van der Waals surface area (Å²) in [4.78, 5) is 28.4. The zero-order valence-electron chi connectivity index (χ0n) is 12.6. The lowest BCUT2D eigenvalue weighted by Crippen LogP contribution is -2.36. The molecule has 114 valence electrons. The van der Waals surface area contributed by atoms with Crippen LogP contribution < -0.4 is 9.47 Å². The van der Waals surface area contributed by atoms with Crippen molar-refractivity contribution >= 4 is 11.9 Å². The molecule has 0 spiro atoms. The minimum absolute atomic E-state index is 0.232. The molecule has 1 saturated heterocycles. The maximum Gasteiger partial charge on any atom is 0.329 e. The van der Waals surface area contributed by atoms with Gasteiger partial charge in [0, 0.05) is 6.92 Å². The molecule has 6 heteroatoms. The van der Waals surface area contributed by atoms with E-state index in [4.69, 9.17) is 14.3 Å². The molecular formula is C15H19NO5. The van der Waals surface area contributed by atoms with E-state index in [0.29, 0.717) is 24.5 Å². The molecular weight excluding hydrogens is 274 g/mol. The van der Waals surface area contributed by atoms with E-state index in [1.54, 1.807) is 26.4 Å². The Labute approximate surface area is 123 Å². The minimum atomic E-state index is -0.741. The second-order valence-electron chi connectivity index (χ2n) is 5.14. The highest BCUT2D eigenvalue weighted by atomic mass is 16.7. The number of methoxy groups -OCH3 is 2. The topological polar surface area (TPSA) is 65.1 Å². The average molecular weight is 293 g/mol. The van der Waals surface area contributed by atoms with Gasteiger partial charge in [-0.25, -0.2) is 0 Å². The number of nitrogens with zero attached hydrogens (tertiary/aromatic N) is 1. The maximum atomic E-state index is 12.5. The summed E-state index contributed by atoms with van der Waals surface area (Å²) in [6, 6.07) is 5.38. The molecule has 1 aromatic rings. The largest absolute Gasteiger partial charge is 0.493 e. The first-order valence-electron chi connectivity index (χ1n) is 6.65. The lowest BCUT2D eigenvalue weighted by molar-refractivity contribution is -0.192. The van der Waals surface area contributed by atoms with E-state index < -0.39 is 11.4 Å². The summed E-state index contributed by atoms with van der Waals surface area (Å²) in [5.74, 6) is 0.437. The third-order valence-electron chi connectivity index (χ3n) is 3.77. The van der Waals surface area contributed by atoms with Crippen LogP contribution in [0.25, 0.3) is 0 Å².